The fourth-order valence-corrected chi connectivity index (χ4v) is 1.87. The number of nitrogens with zero attached hydrogens (tertiary/aromatic N) is 2. The van der Waals surface area contributed by atoms with E-state index < -0.39 is 5.97 Å². The molecule has 6 heteroatoms. The largest absolute Gasteiger partial charge is 0.476 e. The van der Waals surface area contributed by atoms with Crippen molar-refractivity contribution in [2.24, 2.45) is 5.92 Å². The number of hydrogen-bond donors (Lipinski definition) is 2. The second-order valence-electron chi connectivity index (χ2n) is 5.09. The smallest absolute Gasteiger partial charge is 0.356 e. The molecule has 5 nitrogen and oxygen atoms in total. The number of aromatic nitrogens is 1. The van der Waals surface area contributed by atoms with E-state index in [2.05, 4.69) is 29.0 Å². The summed E-state index contributed by atoms with van der Waals surface area (Å²) in [6, 6.07) is 3.43. The SMILES string of the molecule is CC(C)C(CN(C)C)Nc1ccc(Cl)c(C(=O)O)n1. The predicted molar refractivity (Wildman–Crippen MR) is 77.0 cm³/mol. The summed E-state index contributed by atoms with van der Waals surface area (Å²) in [7, 11) is 3.99. The Labute approximate surface area is 118 Å². The maximum atomic E-state index is 11.0. The number of carbonyl (C=O) groups is 1. The first kappa shape index (κ1) is 15.7. The number of anilines is 1. The van der Waals surface area contributed by atoms with E-state index >= 15 is 0 Å². The van der Waals surface area contributed by atoms with Crippen molar-refractivity contribution in [2.45, 2.75) is 19.9 Å². The zero-order chi connectivity index (χ0) is 14.6. The first-order valence-electron chi connectivity index (χ1n) is 6.12. The van der Waals surface area contributed by atoms with Gasteiger partial charge in [-0.3, -0.25) is 0 Å². The van der Waals surface area contributed by atoms with Crippen molar-refractivity contribution >= 4 is 23.4 Å². The van der Waals surface area contributed by atoms with Crippen LogP contribution < -0.4 is 5.32 Å². The topological polar surface area (TPSA) is 65.5 Å². The highest BCUT2D eigenvalue weighted by Gasteiger charge is 2.17. The van der Waals surface area contributed by atoms with Gasteiger partial charge in [-0.2, -0.15) is 0 Å². The van der Waals surface area contributed by atoms with Crippen molar-refractivity contribution in [1.29, 1.82) is 0 Å². The van der Waals surface area contributed by atoms with Gasteiger partial charge in [0.05, 0.1) is 5.02 Å². The molecule has 0 saturated heterocycles. The van der Waals surface area contributed by atoms with Crippen LogP contribution in [0, 0.1) is 5.92 Å². The Hall–Kier alpha value is -1.33. The number of halogens is 1. The lowest BCUT2D eigenvalue weighted by Gasteiger charge is -2.26. The lowest BCUT2D eigenvalue weighted by Crippen LogP contribution is -2.36. The summed E-state index contributed by atoms with van der Waals surface area (Å²) in [5, 5.41) is 12.4. The Morgan fingerprint density at radius 2 is 2.11 bits per heavy atom. The van der Waals surface area contributed by atoms with Gasteiger partial charge >= 0.3 is 5.97 Å². The molecule has 2 N–H and O–H groups in total. The van der Waals surface area contributed by atoms with Crippen molar-refractivity contribution in [3.8, 4) is 0 Å². The van der Waals surface area contributed by atoms with E-state index in [0.29, 0.717) is 11.7 Å². The lowest BCUT2D eigenvalue weighted by atomic mass is 10.0. The summed E-state index contributed by atoms with van der Waals surface area (Å²) >= 11 is 5.80. The maximum absolute atomic E-state index is 11.0. The van der Waals surface area contributed by atoms with Gasteiger partial charge in [-0.05, 0) is 32.1 Å². The van der Waals surface area contributed by atoms with Crippen molar-refractivity contribution in [1.82, 2.24) is 9.88 Å². The molecule has 0 spiro atoms. The van der Waals surface area contributed by atoms with E-state index in [-0.39, 0.29) is 16.8 Å². The average Bonchev–Trinajstić information content (AvgIpc) is 2.29. The average molecular weight is 286 g/mol. The van der Waals surface area contributed by atoms with E-state index in [0.717, 1.165) is 6.54 Å². The molecule has 1 aromatic rings. The van der Waals surface area contributed by atoms with Crippen LogP contribution in [0.15, 0.2) is 12.1 Å². The Morgan fingerprint density at radius 3 is 2.58 bits per heavy atom. The van der Waals surface area contributed by atoms with Crippen molar-refractivity contribution in [3.63, 3.8) is 0 Å². The van der Waals surface area contributed by atoms with Crippen molar-refractivity contribution in [3.05, 3.63) is 22.8 Å². The first-order valence-corrected chi connectivity index (χ1v) is 6.50. The minimum atomic E-state index is -1.12. The van der Waals surface area contributed by atoms with Gasteiger partial charge in [-0.25, -0.2) is 9.78 Å². The van der Waals surface area contributed by atoms with Crippen LogP contribution in [0.3, 0.4) is 0 Å². The number of nitrogens with one attached hydrogen (secondary N) is 1. The molecule has 0 radical (unpaired) electrons. The molecule has 0 amide bonds. The zero-order valence-corrected chi connectivity index (χ0v) is 12.4. The number of likely N-dealkylation sites (N-methyl/N-ethyl adjacent to an activating group) is 1. The summed E-state index contributed by atoms with van der Waals surface area (Å²) < 4.78 is 0. The third-order valence-electron chi connectivity index (χ3n) is 2.75. The molecule has 0 aliphatic heterocycles. The molecular formula is C13H20ClN3O2. The van der Waals surface area contributed by atoms with E-state index in [1.54, 1.807) is 12.1 Å². The molecule has 1 atom stereocenters. The summed E-state index contributed by atoms with van der Waals surface area (Å²) in [5.41, 5.74) is -0.126. The summed E-state index contributed by atoms with van der Waals surface area (Å²) in [6.07, 6.45) is 0. The van der Waals surface area contributed by atoms with E-state index in [9.17, 15) is 4.79 Å². The molecule has 1 aromatic heterocycles. The second kappa shape index (κ2) is 6.73. The van der Waals surface area contributed by atoms with Crippen LogP contribution in [-0.4, -0.2) is 47.6 Å². The standard InChI is InChI=1S/C13H20ClN3O2/c1-8(2)10(7-17(3)4)15-11-6-5-9(14)12(16-11)13(18)19/h5-6,8,10H,7H2,1-4H3,(H,15,16)(H,18,19). The zero-order valence-electron chi connectivity index (χ0n) is 11.6. The number of hydrogen-bond acceptors (Lipinski definition) is 4. The Bertz CT molecular complexity index is 450. The van der Waals surface area contributed by atoms with E-state index in [1.165, 1.54) is 0 Å². The quantitative estimate of drug-likeness (QED) is 0.840. The molecule has 1 unspecified atom stereocenters. The summed E-state index contributed by atoms with van der Waals surface area (Å²) in [5.74, 6) is -0.196. The number of carboxylic acids is 1. The van der Waals surface area contributed by atoms with Crippen LogP contribution in [0.1, 0.15) is 24.3 Å². The van der Waals surface area contributed by atoms with Gasteiger partial charge in [-0.15, -0.1) is 0 Å². The molecule has 1 rings (SSSR count). The van der Waals surface area contributed by atoms with E-state index in [4.69, 9.17) is 16.7 Å². The summed E-state index contributed by atoms with van der Waals surface area (Å²) in [6.45, 7) is 5.05. The van der Waals surface area contributed by atoms with E-state index in [1.807, 2.05) is 14.1 Å². The summed E-state index contributed by atoms with van der Waals surface area (Å²) in [4.78, 5) is 17.1. The molecule has 0 aliphatic carbocycles. The van der Waals surface area contributed by atoms with Crippen molar-refractivity contribution in [2.75, 3.05) is 26.0 Å². The van der Waals surface area contributed by atoms with Gasteiger partial charge in [0.1, 0.15) is 5.82 Å². The Balaban J connectivity index is 2.90. The second-order valence-corrected chi connectivity index (χ2v) is 5.50. The minimum absolute atomic E-state index is 0.126. The predicted octanol–water partition coefficient (Wildman–Crippen LogP) is 2.43. The van der Waals surface area contributed by atoms with Gasteiger partial charge in [0.15, 0.2) is 5.69 Å². The van der Waals surface area contributed by atoms with Gasteiger partial charge in [-0.1, -0.05) is 25.4 Å². The van der Waals surface area contributed by atoms with Gasteiger partial charge in [0.25, 0.3) is 0 Å². The fraction of sp³-hybridized carbons (Fsp3) is 0.538. The molecule has 0 saturated carbocycles. The Kier molecular flexibility index (Phi) is 5.57. The molecule has 1 heterocycles. The highest BCUT2D eigenvalue weighted by atomic mass is 35.5. The van der Waals surface area contributed by atoms with Crippen LogP contribution >= 0.6 is 11.6 Å². The van der Waals surface area contributed by atoms with Crippen LogP contribution in [0.4, 0.5) is 5.82 Å². The first-order chi connectivity index (χ1) is 8.81. The molecule has 0 bridgehead atoms. The molecule has 106 valence electrons. The molecular weight excluding hydrogens is 266 g/mol. The van der Waals surface area contributed by atoms with Crippen molar-refractivity contribution < 1.29 is 9.90 Å². The number of carboxylic acid groups (broad SMARTS) is 1. The van der Waals surface area contributed by atoms with Gasteiger partial charge < -0.3 is 15.3 Å². The third-order valence-corrected chi connectivity index (χ3v) is 3.05. The molecule has 0 aromatic carbocycles. The maximum Gasteiger partial charge on any atom is 0.356 e. The molecule has 19 heavy (non-hydrogen) atoms. The van der Waals surface area contributed by atoms with Crippen LogP contribution in [0.25, 0.3) is 0 Å². The van der Waals surface area contributed by atoms with Gasteiger partial charge in [0, 0.05) is 12.6 Å². The highest BCUT2D eigenvalue weighted by molar-refractivity contribution is 6.33. The lowest BCUT2D eigenvalue weighted by molar-refractivity contribution is 0.0691. The fourth-order valence-electron chi connectivity index (χ4n) is 1.68. The monoisotopic (exact) mass is 285 g/mol. The normalized spacial score (nSPS) is 12.8. The molecule has 0 fully saturated rings. The number of pyridine rings is 1. The van der Waals surface area contributed by atoms with Crippen LogP contribution in [0.2, 0.25) is 5.02 Å². The Morgan fingerprint density at radius 1 is 1.47 bits per heavy atom. The van der Waals surface area contributed by atoms with Crippen LogP contribution in [-0.2, 0) is 0 Å². The minimum Gasteiger partial charge on any atom is -0.476 e. The number of rotatable bonds is 6. The number of aromatic carboxylic acids is 1. The third kappa shape index (κ3) is 4.69. The molecule has 0 aliphatic rings. The van der Waals surface area contributed by atoms with Gasteiger partial charge in [0.2, 0.25) is 0 Å². The highest BCUT2D eigenvalue weighted by Crippen LogP contribution is 2.18. The van der Waals surface area contributed by atoms with Crippen LogP contribution in [0.5, 0.6) is 0 Å².